The summed E-state index contributed by atoms with van der Waals surface area (Å²) >= 11 is 3.36. The van der Waals surface area contributed by atoms with E-state index in [2.05, 4.69) is 21.2 Å². The van der Waals surface area contributed by atoms with Crippen molar-refractivity contribution < 1.29 is 14.3 Å². The first-order chi connectivity index (χ1) is 9.06. The molecule has 0 saturated carbocycles. The topological polar surface area (TPSA) is 49.3 Å². The van der Waals surface area contributed by atoms with Gasteiger partial charge < -0.3 is 10.4 Å². The molecule has 19 heavy (non-hydrogen) atoms. The molecular formula is C14H11BrFNO2. The van der Waals surface area contributed by atoms with Gasteiger partial charge in [-0.1, -0.05) is 28.1 Å². The molecule has 3 nitrogen and oxygen atoms in total. The maximum Gasteiger partial charge on any atom is 0.335 e. The Morgan fingerprint density at radius 1 is 1.26 bits per heavy atom. The molecule has 0 aliphatic carbocycles. The highest BCUT2D eigenvalue weighted by molar-refractivity contribution is 9.10. The number of carboxylic acids is 1. The van der Waals surface area contributed by atoms with Crippen LogP contribution in [0.1, 0.15) is 15.9 Å². The summed E-state index contributed by atoms with van der Waals surface area (Å²) in [6.07, 6.45) is 0. The van der Waals surface area contributed by atoms with Crippen LogP contribution in [0.4, 0.5) is 10.1 Å². The van der Waals surface area contributed by atoms with Crippen LogP contribution in [-0.2, 0) is 6.54 Å². The number of carbonyl (C=O) groups is 1. The van der Waals surface area contributed by atoms with Crippen molar-refractivity contribution in [3.63, 3.8) is 0 Å². The van der Waals surface area contributed by atoms with Gasteiger partial charge in [0.1, 0.15) is 5.82 Å². The number of anilines is 1. The van der Waals surface area contributed by atoms with Crippen molar-refractivity contribution in [3.05, 3.63) is 63.9 Å². The minimum absolute atomic E-state index is 0.0643. The van der Waals surface area contributed by atoms with Crippen LogP contribution in [0.3, 0.4) is 0 Å². The average Bonchev–Trinajstić information content (AvgIpc) is 2.37. The van der Waals surface area contributed by atoms with Crippen molar-refractivity contribution in [1.82, 2.24) is 0 Å². The molecule has 0 bridgehead atoms. The Morgan fingerprint density at radius 2 is 2.05 bits per heavy atom. The van der Waals surface area contributed by atoms with Gasteiger partial charge in [-0.25, -0.2) is 9.18 Å². The van der Waals surface area contributed by atoms with E-state index in [0.717, 1.165) is 16.1 Å². The second kappa shape index (κ2) is 5.84. The Morgan fingerprint density at radius 3 is 2.68 bits per heavy atom. The number of benzene rings is 2. The predicted molar refractivity (Wildman–Crippen MR) is 74.8 cm³/mol. The summed E-state index contributed by atoms with van der Waals surface area (Å²) in [5.74, 6) is -1.72. The maximum atomic E-state index is 13.7. The van der Waals surface area contributed by atoms with E-state index in [1.807, 2.05) is 24.3 Å². The normalized spacial score (nSPS) is 10.2. The lowest BCUT2D eigenvalue weighted by molar-refractivity contribution is 0.0696. The van der Waals surface area contributed by atoms with Gasteiger partial charge in [-0.2, -0.15) is 0 Å². The molecule has 0 radical (unpaired) electrons. The standard InChI is InChI=1S/C14H11BrFNO2/c15-11-3-1-2-9(6-11)8-17-13-5-4-10(14(18)19)7-12(13)16/h1-7,17H,8H2,(H,18,19). The van der Waals surface area contributed by atoms with E-state index < -0.39 is 11.8 Å². The van der Waals surface area contributed by atoms with E-state index >= 15 is 0 Å². The molecule has 0 unspecified atom stereocenters. The largest absolute Gasteiger partial charge is 0.478 e. The van der Waals surface area contributed by atoms with Crippen molar-refractivity contribution in [3.8, 4) is 0 Å². The number of aromatic carboxylic acids is 1. The molecule has 0 aliphatic heterocycles. The number of carboxylic acid groups (broad SMARTS) is 1. The van der Waals surface area contributed by atoms with Crippen LogP contribution in [0.15, 0.2) is 46.9 Å². The molecule has 0 atom stereocenters. The molecule has 2 N–H and O–H groups in total. The molecule has 0 aromatic heterocycles. The third-order valence-electron chi connectivity index (χ3n) is 2.59. The van der Waals surface area contributed by atoms with E-state index in [1.165, 1.54) is 12.1 Å². The number of nitrogens with one attached hydrogen (secondary N) is 1. The predicted octanol–water partition coefficient (Wildman–Crippen LogP) is 3.90. The van der Waals surface area contributed by atoms with Gasteiger partial charge in [-0.05, 0) is 35.9 Å². The fourth-order valence-corrected chi connectivity index (χ4v) is 2.08. The Balaban J connectivity index is 2.10. The number of halogens is 2. The number of hydrogen-bond donors (Lipinski definition) is 2. The SMILES string of the molecule is O=C(O)c1ccc(NCc2cccc(Br)c2)c(F)c1. The molecule has 2 rings (SSSR count). The van der Waals surface area contributed by atoms with Crippen molar-refractivity contribution in [2.45, 2.75) is 6.54 Å². The van der Waals surface area contributed by atoms with Crippen LogP contribution < -0.4 is 5.32 Å². The lowest BCUT2D eigenvalue weighted by Gasteiger charge is -2.08. The van der Waals surface area contributed by atoms with Crippen molar-refractivity contribution in [2.24, 2.45) is 0 Å². The van der Waals surface area contributed by atoms with Gasteiger partial charge in [-0.15, -0.1) is 0 Å². The second-order valence-corrected chi connectivity index (χ2v) is 4.90. The van der Waals surface area contributed by atoms with Crippen LogP contribution in [0.25, 0.3) is 0 Å². The number of rotatable bonds is 4. The number of hydrogen-bond acceptors (Lipinski definition) is 2. The van der Waals surface area contributed by atoms with E-state index in [0.29, 0.717) is 6.54 Å². The Bertz CT molecular complexity index is 616. The molecule has 0 amide bonds. The smallest absolute Gasteiger partial charge is 0.335 e. The lowest BCUT2D eigenvalue weighted by Crippen LogP contribution is -2.03. The van der Waals surface area contributed by atoms with E-state index in [9.17, 15) is 9.18 Å². The molecule has 0 aliphatic rings. The highest BCUT2D eigenvalue weighted by Gasteiger charge is 2.07. The van der Waals surface area contributed by atoms with Gasteiger partial charge in [0.05, 0.1) is 11.3 Å². The summed E-state index contributed by atoms with van der Waals surface area (Å²) < 4.78 is 14.6. The van der Waals surface area contributed by atoms with Gasteiger partial charge in [-0.3, -0.25) is 0 Å². The van der Waals surface area contributed by atoms with Crippen LogP contribution in [-0.4, -0.2) is 11.1 Å². The van der Waals surface area contributed by atoms with Crippen LogP contribution >= 0.6 is 15.9 Å². The third kappa shape index (κ3) is 3.54. The van der Waals surface area contributed by atoms with E-state index in [1.54, 1.807) is 0 Å². The summed E-state index contributed by atoms with van der Waals surface area (Å²) in [6, 6.07) is 11.4. The van der Waals surface area contributed by atoms with Crippen LogP contribution in [0.2, 0.25) is 0 Å². The fourth-order valence-electron chi connectivity index (χ4n) is 1.64. The highest BCUT2D eigenvalue weighted by atomic mass is 79.9. The second-order valence-electron chi connectivity index (χ2n) is 3.98. The Labute approximate surface area is 118 Å². The monoisotopic (exact) mass is 323 g/mol. The van der Waals surface area contributed by atoms with Crippen LogP contribution in [0.5, 0.6) is 0 Å². The van der Waals surface area contributed by atoms with Crippen LogP contribution in [0, 0.1) is 5.82 Å². The molecule has 0 fully saturated rings. The zero-order valence-corrected chi connectivity index (χ0v) is 11.4. The molecule has 2 aromatic carbocycles. The molecule has 0 saturated heterocycles. The van der Waals surface area contributed by atoms with Gasteiger partial charge in [0.2, 0.25) is 0 Å². The molecular weight excluding hydrogens is 313 g/mol. The van der Waals surface area contributed by atoms with Gasteiger partial charge in [0.15, 0.2) is 0 Å². The Hall–Kier alpha value is -1.88. The Kier molecular flexibility index (Phi) is 4.16. The lowest BCUT2D eigenvalue weighted by atomic mass is 10.2. The quantitative estimate of drug-likeness (QED) is 0.897. The first kappa shape index (κ1) is 13.5. The van der Waals surface area contributed by atoms with Crippen molar-refractivity contribution >= 4 is 27.6 Å². The molecule has 98 valence electrons. The first-order valence-electron chi connectivity index (χ1n) is 5.57. The summed E-state index contributed by atoms with van der Waals surface area (Å²) in [6.45, 7) is 0.461. The van der Waals surface area contributed by atoms with E-state index in [-0.39, 0.29) is 11.3 Å². The molecule has 0 spiro atoms. The average molecular weight is 324 g/mol. The summed E-state index contributed by atoms with van der Waals surface area (Å²) in [5.41, 5.74) is 1.21. The molecule has 2 aromatic rings. The van der Waals surface area contributed by atoms with E-state index in [4.69, 9.17) is 5.11 Å². The van der Waals surface area contributed by atoms with Gasteiger partial charge >= 0.3 is 5.97 Å². The zero-order valence-electron chi connectivity index (χ0n) is 9.86. The van der Waals surface area contributed by atoms with Gasteiger partial charge in [0.25, 0.3) is 0 Å². The third-order valence-corrected chi connectivity index (χ3v) is 3.08. The molecule has 0 heterocycles. The fraction of sp³-hybridized carbons (Fsp3) is 0.0714. The summed E-state index contributed by atoms with van der Waals surface area (Å²) in [7, 11) is 0. The summed E-state index contributed by atoms with van der Waals surface area (Å²) in [5, 5.41) is 11.7. The summed E-state index contributed by atoms with van der Waals surface area (Å²) in [4.78, 5) is 10.7. The van der Waals surface area contributed by atoms with Gasteiger partial charge in [0, 0.05) is 11.0 Å². The van der Waals surface area contributed by atoms with Crippen molar-refractivity contribution in [2.75, 3.05) is 5.32 Å². The minimum atomic E-state index is -1.14. The van der Waals surface area contributed by atoms with Crippen molar-refractivity contribution in [1.29, 1.82) is 0 Å². The first-order valence-corrected chi connectivity index (χ1v) is 6.37. The minimum Gasteiger partial charge on any atom is -0.478 e. The maximum absolute atomic E-state index is 13.7. The molecule has 5 heteroatoms. The highest BCUT2D eigenvalue weighted by Crippen LogP contribution is 2.18. The zero-order chi connectivity index (χ0) is 13.8.